The van der Waals surface area contributed by atoms with Crippen molar-refractivity contribution in [2.24, 2.45) is 5.92 Å². The van der Waals surface area contributed by atoms with Crippen molar-refractivity contribution in [1.29, 1.82) is 0 Å². The van der Waals surface area contributed by atoms with E-state index in [9.17, 15) is 4.79 Å². The lowest BCUT2D eigenvalue weighted by Gasteiger charge is -2.26. The molecule has 0 atom stereocenters. The van der Waals surface area contributed by atoms with Gasteiger partial charge in [-0.25, -0.2) is 4.79 Å². The van der Waals surface area contributed by atoms with Gasteiger partial charge in [0.25, 0.3) is 0 Å². The summed E-state index contributed by atoms with van der Waals surface area (Å²) in [5.41, 5.74) is 3.38. The highest BCUT2D eigenvalue weighted by Crippen LogP contribution is 2.28. The second-order valence-corrected chi connectivity index (χ2v) is 7.86. The molecule has 0 N–H and O–H groups in total. The molecule has 1 aliphatic carbocycles. The number of likely N-dealkylation sites (N-methyl/N-ethyl adjacent to an activating group) is 1. The van der Waals surface area contributed by atoms with Crippen LogP contribution in [0.2, 0.25) is 0 Å². The summed E-state index contributed by atoms with van der Waals surface area (Å²) in [7, 11) is 4.14. The molecule has 1 saturated carbocycles. The van der Waals surface area contributed by atoms with Crippen LogP contribution in [-0.2, 0) is 11.2 Å². The molecule has 1 aliphatic rings. The maximum atomic E-state index is 12.8. The fourth-order valence-corrected chi connectivity index (χ4v) is 3.65. The molecular weight excluding hydrogens is 312 g/mol. The number of hydrogen-bond acceptors (Lipinski definition) is 3. The highest BCUT2D eigenvalue weighted by molar-refractivity contribution is 5.92. The third-order valence-corrected chi connectivity index (χ3v) is 5.30. The van der Waals surface area contributed by atoms with Gasteiger partial charge in [0, 0.05) is 18.1 Å². The topological polar surface area (TPSA) is 34.5 Å². The van der Waals surface area contributed by atoms with Gasteiger partial charge in [-0.15, -0.1) is 0 Å². The number of benzene rings is 1. The summed E-state index contributed by atoms with van der Waals surface area (Å²) in [6, 6.07) is 6.27. The van der Waals surface area contributed by atoms with Gasteiger partial charge in [-0.2, -0.15) is 0 Å². The van der Waals surface area contributed by atoms with Crippen molar-refractivity contribution >= 4 is 17.0 Å². The van der Waals surface area contributed by atoms with Gasteiger partial charge in [0.1, 0.15) is 6.10 Å². The Morgan fingerprint density at radius 1 is 1.24 bits per heavy atom. The number of carbonyl (C=O) groups is 1. The Balaban J connectivity index is 1.83. The van der Waals surface area contributed by atoms with Crippen molar-refractivity contribution in [1.82, 2.24) is 9.47 Å². The standard InChI is InChI=1S/C21H30N2O2/c1-15-5-8-18(9-6-15)25-21(24)23-14-17(11-12-22(3)4)19-13-16(2)7-10-20(19)23/h7,10,13-15,18H,5-6,8-9,11-12H2,1-4H3. The Bertz CT molecular complexity index is 740. The van der Waals surface area contributed by atoms with Gasteiger partial charge in [-0.3, -0.25) is 4.57 Å². The van der Waals surface area contributed by atoms with Crippen LogP contribution in [0.5, 0.6) is 0 Å². The normalized spacial score (nSPS) is 21.0. The van der Waals surface area contributed by atoms with Crippen LogP contribution >= 0.6 is 0 Å². The average molecular weight is 342 g/mol. The summed E-state index contributed by atoms with van der Waals surface area (Å²) >= 11 is 0. The fraction of sp³-hybridized carbons (Fsp3) is 0.571. The van der Waals surface area contributed by atoms with Crippen LogP contribution in [0.25, 0.3) is 10.9 Å². The minimum absolute atomic E-state index is 0.0665. The Hall–Kier alpha value is -1.81. The number of aromatic nitrogens is 1. The van der Waals surface area contributed by atoms with E-state index in [1.807, 2.05) is 12.3 Å². The Morgan fingerprint density at radius 3 is 2.64 bits per heavy atom. The van der Waals surface area contributed by atoms with Crippen LogP contribution in [0, 0.1) is 12.8 Å². The van der Waals surface area contributed by atoms with Crippen molar-refractivity contribution in [3.8, 4) is 0 Å². The Morgan fingerprint density at radius 2 is 1.96 bits per heavy atom. The van der Waals surface area contributed by atoms with Gasteiger partial charge in [0.05, 0.1) is 5.52 Å². The first-order valence-corrected chi connectivity index (χ1v) is 9.40. The van der Waals surface area contributed by atoms with Crippen molar-refractivity contribution in [2.45, 2.75) is 52.1 Å². The highest BCUT2D eigenvalue weighted by atomic mass is 16.6. The molecule has 1 aromatic heterocycles. The second kappa shape index (κ2) is 7.61. The molecule has 25 heavy (non-hydrogen) atoms. The molecule has 3 rings (SSSR count). The zero-order chi connectivity index (χ0) is 18.0. The fourth-order valence-electron chi connectivity index (χ4n) is 3.65. The summed E-state index contributed by atoms with van der Waals surface area (Å²) < 4.78 is 7.52. The van der Waals surface area contributed by atoms with E-state index in [-0.39, 0.29) is 12.2 Å². The summed E-state index contributed by atoms with van der Waals surface area (Å²) in [6.45, 7) is 5.33. The molecule has 0 aliphatic heterocycles. The van der Waals surface area contributed by atoms with E-state index in [0.29, 0.717) is 0 Å². The predicted molar refractivity (Wildman–Crippen MR) is 102 cm³/mol. The predicted octanol–water partition coefficient (Wildman–Crippen LogP) is 4.62. The van der Waals surface area contributed by atoms with Crippen LogP contribution in [0.15, 0.2) is 24.4 Å². The van der Waals surface area contributed by atoms with E-state index in [2.05, 4.69) is 45.0 Å². The van der Waals surface area contributed by atoms with Crippen LogP contribution in [-0.4, -0.2) is 42.3 Å². The van der Waals surface area contributed by atoms with Crippen molar-refractivity contribution in [3.63, 3.8) is 0 Å². The van der Waals surface area contributed by atoms with Gasteiger partial charge in [0.15, 0.2) is 0 Å². The number of rotatable bonds is 4. The SMILES string of the molecule is Cc1ccc2c(c1)c(CCN(C)C)cn2C(=O)OC1CCC(C)CC1. The molecule has 0 saturated heterocycles. The third-order valence-electron chi connectivity index (χ3n) is 5.30. The summed E-state index contributed by atoms with van der Waals surface area (Å²) in [5.74, 6) is 0.753. The molecule has 136 valence electrons. The molecule has 4 heteroatoms. The number of fused-ring (bicyclic) bond motifs is 1. The molecule has 1 heterocycles. The van der Waals surface area contributed by atoms with Crippen molar-refractivity contribution < 1.29 is 9.53 Å². The lowest BCUT2D eigenvalue weighted by molar-refractivity contribution is 0.0680. The largest absolute Gasteiger partial charge is 0.446 e. The van der Waals surface area contributed by atoms with E-state index in [1.165, 1.54) is 11.1 Å². The smallest absolute Gasteiger partial charge is 0.418 e. The van der Waals surface area contributed by atoms with Crippen LogP contribution in [0.1, 0.15) is 43.7 Å². The highest BCUT2D eigenvalue weighted by Gasteiger charge is 2.23. The van der Waals surface area contributed by atoms with Gasteiger partial charge < -0.3 is 9.64 Å². The molecule has 0 bridgehead atoms. The first-order valence-electron chi connectivity index (χ1n) is 9.40. The van der Waals surface area contributed by atoms with E-state index in [4.69, 9.17) is 4.74 Å². The molecule has 0 spiro atoms. The van der Waals surface area contributed by atoms with E-state index >= 15 is 0 Å². The minimum Gasteiger partial charge on any atom is -0.446 e. The summed E-state index contributed by atoms with van der Waals surface area (Å²) in [4.78, 5) is 14.9. The third kappa shape index (κ3) is 4.24. The molecule has 0 amide bonds. The lowest BCUT2D eigenvalue weighted by atomic mass is 9.89. The molecule has 2 aromatic rings. The molecule has 1 fully saturated rings. The van der Waals surface area contributed by atoms with Gasteiger partial charge in [-0.05, 0) is 76.7 Å². The first kappa shape index (κ1) is 18.0. The van der Waals surface area contributed by atoms with Crippen LogP contribution < -0.4 is 0 Å². The molecule has 1 aromatic carbocycles. The lowest BCUT2D eigenvalue weighted by Crippen LogP contribution is -2.25. The first-order chi connectivity index (χ1) is 11.9. The average Bonchev–Trinajstić information content (AvgIpc) is 2.93. The number of ether oxygens (including phenoxy) is 1. The number of hydrogen-bond donors (Lipinski definition) is 0. The van der Waals surface area contributed by atoms with Crippen LogP contribution in [0.4, 0.5) is 4.79 Å². The monoisotopic (exact) mass is 342 g/mol. The summed E-state index contributed by atoms with van der Waals surface area (Å²) in [6.07, 6.45) is 7.00. The maximum Gasteiger partial charge on any atom is 0.418 e. The quantitative estimate of drug-likeness (QED) is 0.813. The van der Waals surface area contributed by atoms with Crippen LogP contribution in [0.3, 0.4) is 0 Å². The van der Waals surface area contributed by atoms with E-state index < -0.39 is 0 Å². The number of carbonyl (C=O) groups excluding carboxylic acids is 1. The summed E-state index contributed by atoms with van der Waals surface area (Å²) in [5, 5.41) is 1.16. The Kier molecular flexibility index (Phi) is 5.48. The molecular formula is C21H30N2O2. The maximum absolute atomic E-state index is 12.8. The zero-order valence-electron chi connectivity index (χ0n) is 15.9. The van der Waals surface area contributed by atoms with E-state index in [0.717, 1.165) is 55.5 Å². The Labute approximate surface area is 150 Å². The molecule has 4 nitrogen and oxygen atoms in total. The molecule has 0 radical (unpaired) electrons. The zero-order valence-corrected chi connectivity index (χ0v) is 15.9. The van der Waals surface area contributed by atoms with E-state index in [1.54, 1.807) is 4.57 Å². The van der Waals surface area contributed by atoms with Gasteiger partial charge >= 0.3 is 6.09 Å². The van der Waals surface area contributed by atoms with Gasteiger partial charge in [0.2, 0.25) is 0 Å². The minimum atomic E-state index is -0.232. The second-order valence-electron chi connectivity index (χ2n) is 7.86. The number of aryl methyl sites for hydroxylation is 1. The number of nitrogens with zero attached hydrogens (tertiary/aromatic N) is 2. The van der Waals surface area contributed by atoms with Crippen molar-refractivity contribution in [3.05, 3.63) is 35.5 Å². The van der Waals surface area contributed by atoms with Gasteiger partial charge in [-0.1, -0.05) is 18.6 Å². The van der Waals surface area contributed by atoms with Crippen molar-refractivity contribution in [2.75, 3.05) is 20.6 Å². The molecule has 0 unspecified atom stereocenters.